The molecule has 0 radical (unpaired) electrons. The van der Waals surface area contributed by atoms with Gasteiger partial charge >= 0.3 is 0 Å². The highest BCUT2D eigenvalue weighted by atomic mass is 28.1. The molecule has 0 saturated heterocycles. The van der Waals surface area contributed by atoms with Crippen molar-refractivity contribution in [3.63, 3.8) is 0 Å². The van der Waals surface area contributed by atoms with Crippen LogP contribution in [0, 0.1) is 11.8 Å². The molecule has 0 aromatic rings. The molecule has 11 heavy (non-hydrogen) atoms. The minimum absolute atomic E-state index is 0.000000000000000222. The maximum atomic E-state index is 11.4. The van der Waals surface area contributed by atoms with Crippen molar-refractivity contribution < 1.29 is 4.79 Å². The standard InChI is InChI=1S/C9H20OSi/c1-6(2)9(11,7(3)4)8(5)10/h6-7H,1-5,11H3. The molecular formula is C9H20OSi. The minimum Gasteiger partial charge on any atom is -0.300 e. The molecule has 0 fully saturated rings. The lowest BCUT2D eigenvalue weighted by atomic mass is 9.81. The van der Waals surface area contributed by atoms with E-state index in [9.17, 15) is 4.79 Å². The third-order valence-corrected chi connectivity index (χ3v) is 6.17. The zero-order valence-corrected chi connectivity index (χ0v) is 10.6. The molecule has 0 rings (SSSR count). The first-order valence-corrected chi connectivity index (χ1v) is 5.34. The molecule has 0 heterocycles. The number of carbonyl (C=O) groups excluding carboxylic acids is 1. The van der Waals surface area contributed by atoms with Crippen molar-refractivity contribution in [3.8, 4) is 0 Å². The lowest BCUT2D eigenvalue weighted by Crippen LogP contribution is -2.32. The predicted molar refractivity (Wildman–Crippen MR) is 53.0 cm³/mol. The Kier molecular flexibility index (Phi) is 3.49. The summed E-state index contributed by atoms with van der Waals surface area (Å²) in [5.41, 5.74) is 0. The van der Waals surface area contributed by atoms with Crippen molar-refractivity contribution in [1.29, 1.82) is 0 Å². The van der Waals surface area contributed by atoms with Crippen LogP contribution in [0.25, 0.3) is 0 Å². The van der Waals surface area contributed by atoms with Crippen molar-refractivity contribution in [2.24, 2.45) is 11.8 Å². The molecule has 0 bridgehead atoms. The smallest absolute Gasteiger partial charge is 0.132 e. The molecule has 0 N–H and O–H groups in total. The fourth-order valence-corrected chi connectivity index (χ4v) is 1.48. The quantitative estimate of drug-likeness (QED) is 0.588. The van der Waals surface area contributed by atoms with E-state index in [4.69, 9.17) is 0 Å². The molecule has 66 valence electrons. The first-order valence-electron chi connectivity index (χ1n) is 4.34. The Labute approximate surface area is 73.0 Å². The molecule has 0 atom stereocenters. The van der Waals surface area contributed by atoms with Crippen molar-refractivity contribution >= 4 is 16.0 Å². The lowest BCUT2D eigenvalue weighted by molar-refractivity contribution is -0.122. The molecule has 0 aliphatic carbocycles. The molecule has 0 aliphatic rings. The summed E-state index contributed by atoms with van der Waals surface area (Å²) in [5, 5.41) is 0.000000000000000222. The summed E-state index contributed by atoms with van der Waals surface area (Å²) in [4.78, 5) is 11.4. The third-order valence-electron chi connectivity index (χ3n) is 3.16. The number of Topliss-reactive ketones (excluding diaryl/α,β-unsaturated/α-hetero) is 1. The number of rotatable bonds is 3. The monoisotopic (exact) mass is 172 g/mol. The molecule has 0 amide bonds. The van der Waals surface area contributed by atoms with Crippen LogP contribution in [0.15, 0.2) is 0 Å². The molecule has 0 aliphatic heterocycles. The van der Waals surface area contributed by atoms with E-state index >= 15 is 0 Å². The van der Waals surface area contributed by atoms with Crippen LogP contribution in [0.5, 0.6) is 0 Å². The van der Waals surface area contributed by atoms with Gasteiger partial charge in [-0.25, -0.2) is 0 Å². The van der Waals surface area contributed by atoms with E-state index in [1.807, 2.05) is 0 Å². The maximum absolute atomic E-state index is 11.4. The van der Waals surface area contributed by atoms with Crippen molar-refractivity contribution in [2.75, 3.05) is 0 Å². The normalized spacial score (nSPS) is 13.0. The van der Waals surface area contributed by atoms with Gasteiger partial charge in [-0.3, -0.25) is 4.79 Å². The number of hydrogen-bond acceptors (Lipinski definition) is 1. The van der Waals surface area contributed by atoms with Gasteiger partial charge in [0.2, 0.25) is 0 Å². The molecule has 0 spiro atoms. The maximum Gasteiger partial charge on any atom is 0.132 e. The highest BCUT2D eigenvalue weighted by Gasteiger charge is 2.36. The molecule has 1 nitrogen and oxygen atoms in total. The van der Waals surface area contributed by atoms with Crippen LogP contribution in [0.2, 0.25) is 5.04 Å². The van der Waals surface area contributed by atoms with Crippen LogP contribution >= 0.6 is 0 Å². The van der Waals surface area contributed by atoms with Crippen LogP contribution in [0.1, 0.15) is 34.6 Å². The molecule has 0 aromatic carbocycles. The Balaban J connectivity index is 4.67. The zero-order chi connectivity index (χ0) is 9.23. The van der Waals surface area contributed by atoms with E-state index < -0.39 is 0 Å². The highest BCUT2D eigenvalue weighted by Crippen LogP contribution is 2.40. The third kappa shape index (κ3) is 1.92. The Morgan fingerprint density at radius 3 is 1.45 bits per heavy atom. The van der Waals surface area contributed by atoms with Gasteiger partial charge in [-0.15, -0.1) is 0 Å². The molecule has 2 heteroatoms. The second kappa shape index (κ2) is 3.52. The molecule has 0 unspecified atom stereocenters. The van der Waals surface area contributed by atoms with E-state index in [1.165, 1.54) is 0 Å². The van der Waals surface area contributed by atoms with E-state index in [-0.39, 0.29) is 5.04 Å². The van der Waals surface area contributed by atoms with Gasteiger partial charge in [-0.05, 0) is 18.8 Å². The van der Waals surface area contributed by atoms with E-state index in [0.717, 1.165) is 10.2 Å². The zero-order valence-electron chi connectivity index (χ0n) is 8.56. The van der Waals surface area contributed by atoms with Gasteiger partial charge in [0.05, 0.1) is 0 Å². The minimum atomic E-state index is 0.000000000000000222. The summed E-state index contributed by atoms with van der Waals surface area (Å²) in [7, 11) is 0.972. The Bertz CT molecular complexity index is 142. The van der Waals surface area contributed by atoms with Crippen LogP contribution < -0.4 is 0 Å². The van der Waals surface area contributed by atoms with Gasteiger partial charge in [0.25, 0.3) is 0 Å². The molecular weight excluding hydrogens is 152 g/mol. The summed E-state index contributed by atoms with van der Waals surface area (Å²) in [6, 6.07) is 0. The van der Waals surface area contributed by atoms with Gasteiger partial charge in [0.1, 0.15) is 5.78 Å². The number of carbonyl (C=O) groups is 1. The van der Waals surface area contributed by atoms with Crippen molar-refractivity contribution in [1.82, 2.24) is 0 Å². The van der Waals surface area contributed by atoms with Gasteiger partial charge < -0.3 is 0 Å². The summed E-state index contributed by atoms with van der Waals surface area (Å²) < 4.78 is 0. The van der Waals surface area contributed by atoms with Crippen molar-refractivity contribution in [2.45, 2.75) is 39.7 Å². The summed E-state index contributed by atoms with van der Waals surface area (Å²) >= 11 is 0. The summed E-state index contributed by atoms with van der Waals surface area (Å²) in [6.45, 7) is 10.3. The van der Waals surface area contributed by atoms with Crippen LogP contribution in [-0.2, 0) is 4.79 Å². The first-order chi connectivity index (χ1) is 4.83. The van der Waals surface area contributed by atoms with E-state index in [2.05, 4.69) is 27.7 Å². The Morgan fingerprint density at radius 2 is 1.45 bits per heavy atom. The van der Waals surface area contributed by atoms with Crippen LogP contribution in [0.3, 0.4) is 0 Å². The Hall–Kier alpha value is -0.113. The Morgan fingerprint density at radius 1 is 1.18 bits per heavy atom. The average Bonchev–Trinajstić information content (AvgIpc) is 1.84. The molecule has 0 aromatic heterocycles. The second-order valence-electron chi connectivity index (χ2n) is 4.15. The molecule has 0 saturated carbocycles. The lowest BCUT2D eigenvalue weighted by Gasteiger charge is -2.35. The predicted octanol–water partition coefficient (Wildman–Crippen LogP) is 1.41. The van der Waals surface area contributed by atoms with Gasteiger partial charge in [-0.2, -0.15) is 0 Å². The van der Waals surface area contributed by atoms with E-state index in [0.29, 0.717) is 17.6 Å². The summed E-state index contributed by atoms with van der Waals surface area (Å²) in [5.74, 6) is 1.35. The SMILES string of the molecule is CC(=O)C([SiH3])(C(C)C)C(C)C. The average molecular weight is 172 g/mol. The van der Waals surface area contributed by atoms with Gasteiger partial charge in [-0.1, -0.05) is 27.7 Å². The summed E-state index contributed by atoms with van der Waals surface area (Å²) in [6.07, 6.45) is 0. The number of hydrogen-bond donors (Lipinski definition) is 0. The van der Waals surface area contributed by atoms with Gasteiger partial charge in [0, 0.05) is 15.3 Å². The fraction of sp³-hybridized carbons (Fsp3) is 0.889. The first kappa shape index (κ1) is 10.9. The topological polar surface area (TPSA) is 17.1 Å². The van der Waals surface area contributed by atoms with Crippen molar-refractivity contribution in [3.05, 3.63) is 0 Å². The fourth-order valence-electron chi connectivity index (χ4n) is 1.48. The van der Waals surface area contributed by atoms with Crippen LogP contribution in [0.4, 0.5) is 0 Å². The largest absolute Gasteiger partial charge is 0.300 e. The highest BCUT2D eigenvalue weighted by molar-refractivity contribution is 6.28. The van der Waals surface area contributed by atoms with Crippen LogP contribution in [-0.4, -0.2) is 16.0 Å². The second-order valence-corrected chi connectivity index (χ2v) is 5.80. The van der Waals surface area contributed by atoms with Gasteiger partial charge in [0.15, 0.2) is 0 Å². The van der Waals surface area contributed by atoms with E-state index in [1.54, 1.807) is 6.92 Å². The number of ketones is 1.